The van der Waals surface area contributed by atoms with E-state index in [1.165, 1.54) is 24.3 Å². The number of carbonyl (C=O) groups is 2. The Morgan fingerprint density at radius 3 is 2.53 bits per heavy atom. The molecule has 3 heterocycles. The summed E-state index contributed by atoms with van der Waals surface area (Å²) in [5.74, 6) is -2.21. The number of nitrogens with one attached hydrogen (secondary N) is 1. The van der Waals surface area contributed by atoms with E-state index in [2.05, 4.69) is 20.0 Å². The molecule has 0 radical (unpaired) electrons. The van der Waals surface area contributed by atoms with Crippen LogP contribution in [0.2, 0.25) is 0 Å². The highest BCUT2D eigenvalue weighted by atomic mass is 19.4. The molecule has 2 amide bonds. The number of morpholine rings is 1. The number of nitrogens with zero attached hydrogens (tertiary/aromatic N) is 3. The van der Waals surface area contributed by atoms with E-state index in [0.29, 0.717) is 45.0 Å². The summed E-state index contributed by atoms with van der Waals surface area (Å²) < 4.78 is 52.8. The molecule has 1 unspecified atom stereocenters. The highest BCUT2D eigenvalue weighted by molar-refractivity contribution is 5.94. The molecule has 0 aliphatic carbocycles. The summed E-state index contributed by atoms with van der Waals surface area (Å²) in [6.07, 6.45) is -4.04. The summed E-state index contributed by atoms with van der Waals surface area (Å²) in [6.45, 7) is 2.40. The lowest BCUT2D eigenvalue weighted by Crippen LogP contribution is -2.55. The second-order valence-corrected chi connectivity index (χ2v) is 7.53. The van der Waals surface area contributed by atoms with Gasteiger partial charge in [0.1, 0.15) is 0 Å². The zero-order chi connectivity index (χ0) is 22.7. The monoisotopic (exact) mass is 454 g/mol. The lowest BCUT2D eigenvalue weighted by atomic mass is 10.1. The van der Waals surface area contributed by atoms with Crippen LogP contribution >= 0.6 is 0 Å². The summed E-state index contributed by atoms with van der Waals surface area (Å²) in [5.41, 5.74) is 0.573. The van der Waals surface area contributed by atoms with E-state index in [4.69, 9.17) is 9.47 Å². The Kier molecular flexibility index (Phi) is 6.42. The Labute approximate surface area is 180 Å². The van der Waals surface area contributed by atoms with Crippen LogP contribution in [-0.4, -0.2) is 72.4 Å². The van der Waals surface area contributed by atoms with Crippen LogP contribution in [0.4, 0.5) is 13.2 Å². The number of aromatic nitrogens is 2. The van der Waals surface area contributed by atoms with Crippen molar-refractivity contribution >= 4 is 11.8 Å². The van der Waals surface area contributed by atoms with Gasteiger partial charge in [-0.25, -0.2) is 0 Å². The number of hydrogen-bond donors (Lipinski definition) is 1. The number of hydrogen-bond acceptors (Lipinski definition) is 7. The van der Waals surface area contributed by atoms with Gasteiger partial charge in [-0.1, -0.05) is 17.3 Å². The predicted molar refractivity (Wildman–Crippen MR) is 102 cm³/mol. The second kappa shape index (κ2) is 9.25. The highest BCUT2D eigenvalue weighted by Crippen LogP contribution is 2.29. The summed E-state index contributed by atoms with van der Waals surface area (Å²) in [6, 6.07) is 5.47. The summed E-state index contributed by atoms with van der Waals surface area (Å²) in [4.78, 5) is 30.3. The Morgan fingerprint density at radius 2 is 1.88 bits per heavy atom. The van der Waals surface area contributed by atoms with Gasteiger partial charge in [0.2, 0.25) is 11.7 Å². The van der Waals surface area contributed by atoms with Gasteiger partial charge in [-0.3, -0.25) is 9.59 Å². The molecule has 1 aromatic heterocycles. The van der Waals surface area contributed by atoms with Crippen LogP contribution in [0.1, 0.15) is 22.7 Å². The van der Waals surface area contributed by atoms with Crippen molar-refractivity contribution in [3.8, 4) is 11.4 Å². The van der Waals surface area contributed by atoms with Crippen LogP contribution in [0.15, 0.2) is 28.8 Å². The largest absolute Gasteiger partial charge is 0.471 e. The SMILES string of the molecule is O=C(NC[C@@H]1COCCN1C(=O)C1CCOC1)c1ccc(-c2noc(C(F)(F)F)n2)cc1. The van der Waals surface area contributed by atoms with Crippen LogP contribution < -0.4 is 5.32 Å². The molecule has 1 N–H and O–H groups in total. The molecule has 32 heavy (non-hydrogen) atoms. The molecule has 0 bridgehead atoms. The molecule has 2 fully saturated rings. The summed E-state index contributed by atoms with van der Waals surface area (Å²) in [7, 11) is 0. The molecule has 2 aliphatic heterocycles. The number of alkyl halides is 3. The number of ether oxygens (including phenoxy) is 2. The van der Waals surface area contributed by atoms with Crippen molar-refractivity contribution in [3.05, 3.63) is 35.7 Å². The van der Waals surface area contributed by atoms with Gasteiger partial charge in [0.25, 0.3) is 5.91 Å². The lowest BCUT2D eigenvalue weighted by molar-refractivity contribution is -0.159. The maximum absolute atomic E-state index is 12.7. The van der Waals surface area contributed by atoms with Crippen molar-refractivity contribution in [2.45, 2.75) is 18.6 Å². The van der Waals surface area contributed by atoms with E-state index >= 15 is 0 Å². The topological polar surface area (TPSA) is 107 Å². The van der Waals surface area contributed by atoms with Crippen LogP contribution in [0, 0.1) is 5.92 Å². The fourth-order valence-electron chi connectivity index (χ4n) is 3.62. The van der Waals surface area contributed by atoms with Crippen molar-refractivity contribution in [2.24, 2.45) is 5.92 Å². The zero-order valence-electron chi connectivity index (χ0n) is 16.9. The number of carbonyl (C=O) groups excluding carboxylic acids is 2. The van der Waals surface area contributed by atoms with Crippen LogP contribution in [0.25, 0.3) is 11.4 Å². The molecule has 9 nitrogen and oxygen atoms in total. The first-order chi connectivity index (χ1) is 15.3. The van der Waals surface area contributed by atoms with Gasteiger partial charge in [-0.05, 0) is 18.6 Å². The van der Waals surface area contributed by atoms with Gasteiger partial charge in [-0.2, -0.15) is 18.2 Å². The van der Waals surface area contributed by atoms with Crippen molar-refractivity contribution < 1.29 is 36.8 Å². The van der Waals surface area contributed by atoms with Crippen LogP contribution in [0.3, 0.4) is 0 Å². The van der Waals surface area contributed by atoms with E-state index in [-0.39, 0.29) is 41.7 Å². The number of amides is 2. The first-order valence-corrected chi connectivity index (χ1v) is 10.1. The second-order valence-electron chi connectivity index (χ2n) is 7.53. The molecule has 2 atom stereocenters. The number of halogens is 3. The van der Waals surface area contributed by atoms with Gasteiger partial charge < -0.3 is 24.2 Å². The molecule has 2 saturated heterocycles. The summed E-state index contributed by atoms with van der Waals surface area (Å²) >= 11 is 0. The molecule has 2 aromatic rings. The summed E-state index contributed by atoms with van der Waals surface area (Å²) in [5, 5.41) is 6.10. The Hall–Kier alpha value is -2.99. The van der Waals surface area contributed by atoms with Gasteiger partial charge in [-0.15, -0.1) is 0 Å². The predicted octanol–water partition coefficient (Wildman–Crippen LogP) is 1.75. The van der Waals surface area contributed by atoms with Crippen molar-refractivity contribution in [2.75, 3.05) is 39.5 Å². The van der Waals surface area contributed by atoms with Crippen molar-refractivity contribution in [3.63, 3.8) is 0 Å². The third-order valence-corrected chi connectivity index (χ3v) is 5.36. The van der Waals surface area contributed by atoms with Crippen LogP contribution in [-0.2, 0) is 20.4 Å². The van der Waals surface area contributed by atoms with E-state index in [1.807, 2.05) is 0 Å². The fourth-order valence-corrected chi connectivity index (χ4v) is 3.62. The normalized spacial score (nSPS) is 21.5. The fraction of sp³-hybridized carbons (Fsp3) is 0.500. The first kappa shape index (κ1) is 22.2. The molecule has 2 aliphatic rings. The smallest absolute Gasteiger partial charge is 0.381 e. The van der Waals surface area contributed by atoms with Crippen LogP contribution in [0.5, 0.6) is 0 Å². The highest BCUT2D eigenvalue weighted by Gasteiger charge is 2.38. The van der Waals surface area contributed by atoms with Gasteiger partial charge >= 0.3 is 12.1 Å². The minimum atomic E-state index is -4.73. The molecule has 172 valence electrons. The number of benzene rings is 1. The van der Waals surface area contributed by atoms with Crippen molar-refractivity contribution in [1.29, 1.82) is 0 Å². The molecular formula is C20H21F3N4O5. The Balaban J connectivity index is 1.36. The maximum atomic E-state index is 12.7. The average molecular weight is 454 g/mol. The van der Waals surface area contributed by atoms with Crippen molar-refractivity contribution in [1.82, 2.24) is 20.4 Å². The minimum absolute atomic E-state index is 0.00717. The van der Waals surface area contributed by atoms with E-state index in [9.17, 15) is 22.8 Å². The minimum Gasteiger partial charge on any atom is -0.381 e. The molecule has 0 saturated carbocycles. The zero-order valence-corrected chi connectivity index (χ0v) is 16.9. The quantitative estimate of drug-likeness (QED) is 0.734. The van der Waals surface area contributed by atoms with E-state index in [1.54, 1.807) is 4.90 Å². The average Bonchev–Trinajstić information content (AvgIpc) is 3.50. The Morgan fingerprint density at radius 1 is 1.12 bits per heavy atom. The van der Waals surface area contributed by atoms with Gasteiger partial charge in [0.05, 0.1) is 31.8 Å². The molecule has 4 rings (SSSR count). The van der Waals surface area contributed by atoms with E-state index in [0.717, 1.165) is 0 Å². The van der Waals surface area contributed by atoms with Gasteiger partial charge in [0, 0.05) is 30.8 Å². The first-order valence-electron chi connectivity index (χ1n) is 10.1. The Bertz CT molecular complexity index is 957. The third kappa shape index (κ3) is 4.91. The number of rotatable bonds is 5. The van der Waals surface area contributed by atoms with Gasteiger partial charge in [0.15, 0.2) is 0 Å². The molecule has 1 aromatic carbocycles. The van der Waals surface area contributed by atoms with E-state index < -0.39 is 12.1 Å². The molecule has 0 spiro atoms. The standard InChI is InChI=1S/C20H21F3N4O5/c21-20(22,23)19-25-16(26-32-19)12-1-3-13(4-2-12)17(28)24-9-15-11-31-8-6-27(15)18(29)14-5-7-30-10-14/h1-4,14-15H,5-11H2,(H,24,28)/t14?,15-/m1/s1. The molecule has 12 heteroatoms. The maximum Gasteiger partial charge on any atom is 0.471 e. The molecular weight excluding hydrogens is 433 g/mol. The lowest BCUT2D eigenvalue weighted by Gasteiger charge is -2.37. The third-order valence-electron chi connectivity index (χ3n) is 5.36.